The van der Waals surface area contributed by atoms with Crippen LogP contribution in [0.15, 0.2) is 24.3 Å². The van der Waals surface area contributed by atoms with Gasteiger partial charge in [-0.05, 0) is 37.9 Å². The molecule has 0 saturated heterocycles. The molecule has 20 heavy (non-hydrogen) atoms. The van der Waals surface area contributed by atoms with Gasteiger partial charge in [-0.15, -0.1) is 0 Å². The van der Waals surface area contributed by atoms with Crippen LogP contribution in [0.4, 0.5) is 0 Å². The van der Waals surface area contributed by atoms with Crippen LogP contribution in [0, 0.1) is 0 Å². The zero-order chi connectivity index (χ0) is 14.4. The van der Waals surface area contributed by atoms with E-state index in [2.05, 4.69) is 50.4 Å². The standard InChI is InChI=1S/C17H27NO2/c1-4-9-18-17-15-8-6-5-7-14(15)12-16(17)20-11-10-19-13(2)3/h5-8,13,16-18H,4,9-12H2,1-3H3. The highest BCUT2D eigenvalue weighted by Crippen LogP contribution is 2.33. The van der Waals surface area contributed by atoms with Gasteiger partial charge in [-0.2, -0.15) is 0 Å². The fraction of sp³-hybridized carbons (Fsp3) is 0.647. The van der Waals surface area contributed by atoms with Crippen molar-refractivity contribution in [3.8, 4) is 0 Å². The maximum atomic E-state index is 6.06. The van der Waals surface area contributed by atoms with E-state index in [0.717, 1.165) is 19.4 Å². The monoisotopic (exact) mass is 277 g/mol. The van der Waals surface area contributed by atoms with Crippen LogP contribution in [-0.4, -0.2) is 32.0 Å². The van der Waals surface area contributed by atoms with Crippen molar-refractivity contribution < 1.29 is 9.47 Å². The molecule has 0 radical (unpaired) electrons. The predicted octanol–water partition coefficient (Wildman–Crippen LogP) is 3.09. The van der Waals surface area contributed by atoms with E-state index in [0.29, 0.717) is 19.3 Å². The molecule has 2 unspecified atom stereocenters. The Morgan fingerprint density at radius 2 is 2.05 bits per heavy atom. The minimum absolute atomic E-state index is 0.231. The first-order valence-electron chi connectivity index (χ1n) is 7.76. The quantitative estimate of drug-likeness (QED) is 0.741. The molecule has 3 nitrogen and oxygen atoms in total. The summed E-state index contributed by atoms with van der Waals surface area (Å²) in [7, 11) is 0. The largest absolute Gasteiger partial charge is 0.376 e. The Balaban J connectivity index is 1.91. The third-order valence-corrected chi connectivity index (χ3v) is 3.66. The number of fused-ring (bicyclic) bond motifs is 1. The van der Waals surface area contributed by atoms with Gasteiger partial charge in [0, 0.05) is 6.42 Å². The summed E-state index contributed by atoms with van der Waals surface area (Å²) in [5.41, 5.74) is 2.81. The van der Waals surface area contributed by atoms with E-state index in [-0.39, 0.29) is 12.2 Å². The topological polar surface area (TPSA) is 30.5 Å². The molecule has 2 atom stereocenters. The summed E-state index contributed by atoms with van der Waals surface area (Å²) in [6, 6.07) is 8.98. The summed E-state index contributed by atoms with van der Waals surface area (Å²) < 4.78 is 11.6. The Labute approximate surface area is 122 Å². The molecule has 112 valence electrons. The van der Waals surface area contributed by atoms with Crippen molar-refractivity contribution >= 4 is 0 Å². The van der Waals surface area contributed by atoms with Gasteiger partial charge < -0.3 is 14.8 Å². The van der Waals surface area contributed by atoms with Crippen molar-refractivity contribution in [2.45, 2.75) is 51.9 Å². The fourth-order valence-corrected chi connectivity index (χ4v) is 2.74. The average Bonchev–Trinajstić information content (AvgIpc) is 2.79. The highest BCUT2D eigenvalue weighted by molar-refractivity contribution is 5.36. The molecule has 0 fully saturated rings. The molecule has 0 aromatic heterocycles. The smallest absolute Gasteiger partial charge is 0.0811 e. The molecule has 1 N–H and O–H groups in total. The molecule has 1 aliphatic carbocycles. The molecule has 0 amide bonds. The van der Waals surface area contributed by atoms with Crippen LogP contribution in [0.5, 0.6) is 0 Å². The van der Waals surface area contributed by atoms with Crippen LogP contribution in [0.2, 0.25) is 0 Å². The molecular weight excluding hydrogens is 250 g/mol. The second-order valence-corrected chi connectivity index (χ2v) is 5.66. The van der Waals surface area contributed by atoms with Gasteiger partial charge in [0.2, 0.25) is 0 Å². The van der Waals surface area contributed by atoms with Crippen LogP contribution in [0.3, 0.4) is 0 Å². The van der Waals surface area contributed by atoms with Crippen molar-refractivity contribution in [2.75, 3.05) is 19.8 Å². The number of hydrogen-bond donors (Lipinski definition) is 1. The van der Waals surface area contributed by atoms with Crippen molar-refractivity contribution in [3.05, 3.63) is 35.4 Å². The van der Waals surface area contributed by atoms with Gasteiger partial charge in [0.05, 0.1) is 31.5 Å². The molecule has 0 aliphatic heterocycles. The van der Waals surface area contributed by atoms with Crippen molar-refractivity contribution in [1.29, 1.82) is 0 Å². The van der Waals surface area contributed by atoms with Gasteiger partial charge in [-0.1, -0.05) is 31.2 Å². The van der Waals surface area contributed by atoms with E-state index in [1.165, 1.54) is 11.1 Å². The summed E-state index contributed by atoms with van der Waals surface area (Å²) in [4.78, 5) is 0. The molecule has 0 bridgehead atoms. The summed E-state index contributed by atoms with van der Waals surface area (Å²) >= 11 is 0. The minimum Gasteiger partial charge on any atom is -0.376 e. The predicted molar refractivity (Wildman–Crippen MR) is 82.0 cm³/mol. The number of benzene rings is 1. The first-order valence-corrected chi connectivity index (χ1v) is 7.76. The van der Waals surface area contributed by atoms with Crippen LogP contribution < -0.4 is 5.32 Å². The molecule has 0 heterocycles. The van der Waals surface area contributed by atoms with E-state index >= 15 is 0 Å². The van der Waals surface area contributed by atoms with Crippen LogP contribution in [0.1, 0.15) is 44.4 Å². The third kappa shape index (κ3) is 4.05. The summed E-state index contributed by atoms with van der Waals surface area (Å²) in [5, 5.41) is 3.62. The first kappa shape index (κ1) is 15.5. The average molecular weight is 277 g/mol. The Bertz CT molecular complexity index is 406. The lowest BCUT2D eigenvalue weighted by atomic mass is 10.1. The molecule has 0 spiro atoms. The minimum atomic E-state index is 0.231. The Hall–Kier alpha value is -0.900. The molecular formula is C17H27NO2. The normalized spacial score (nSPS) is 21.4. The van der Waals surface area contributed by atoms with Crippen molar-refractivity contribution in [1.82, 2.24) is 5.32 Å². The molecule has 1 aromatic rings. The number of hydrogen-bond acceptors (Lipinski definition) is 3. The van der Waals surface area contributed by atoms with E-state index in [1.54, 1.807) is 0 Å². The van der Waals surface area contributed by atoms with Gasteiger partial charge in [0.15, 0.2) is 0 Å². The highest BCUT2D eigenvalue weighted by atomic mass is 16.5. The van der Waals surface area contributed by atoms with E-state index < -0.39 is 0 Å². The zero-order valence-corrected chi connectivity index (χ0v) is 12.9. The first-order chi connectivity index (χ1) is 9.72. The number of rotatable bonds is 8. The van der Waals surface area contributed by atoms with Gasteiger partial charge in [-0.25, -0.2) is 0 Å². The summed E-state index contributed by atoms with van der Waals surface area (Å²) in [6.07, 6.45) is 2.64. The number of ether oxygens (including phenoxy) is 2. The van der Waals surface area contributed by atoms with Gasteiger partial charge in [-0.3, -0.25) is 0 Å². The molecule has 1 aromatic carbocycles. The lowest BCUT2D eigenvalue weighted by Gasteiger charge is -2.22. The van der Waals surface area contributed by atoms with Crippen molar-refractivity contribution in [3.63, 3.8) is 0 Å². The fourth-order valence-electron chi connectivity index (χ4n) is 2.74. The van der Waals surface area contributed by atoms with Gasteiger partial charge >= 0.3 is 0 Å². The molecule has 3 heteroatoms. The SMILES string of the molecule is CCCNC1c2ccccc2CC1OCCOC(C)C. The van der Waals surface area contributed by atoms with E-state index in [9.17, 15) is 0 Å². The molecule has 1 aliphatic rings. The zero-order valence-electron chi connectivity index (χ0n) is 12.9. The van der Waals surface area contributed by atoms with Crippen LogP contribution in [-0.2, 0) is 15.9 Å². The van der Waals surface area contributed by atoms with Gasteiger partial charge in [0.1, 0.15) is 0 Å². The van der Waals surface area contributed by atoms with Crippen LogP contribution >= 0.6 is 0 Å². The van der Waals surface area contributed by atoms with Crippen molar-refractivity contribution in [2.24, 2.45) is 0 Å². The third-order valence-electron chi connectivity index (χ3n) is 3.66. The van der Waals surface area contributed by atoms with Crippen LogP contribution in [0.25, 0.3) is 0 Å². The highest BCUT2D eigenvalue weighted by Gasteiger charge is 2.32. The Morgan fingerprint density at radius 1 is 1.25 bits per heavy atom. The maximum Gasteiger partial charge on any atom is 0.0811 e. The van der Waals surface area contributed by atoms with Gasteiger partial charge in [0.25, 0.3) is 0 Å². The lowest BCUT2D eigenvalue weighted by molar-refractivity contribution is -0.0209. The maximum absolute atomic E-state index is 6.06. The lowest BCUT2D eigenvalue weighted by Crippen LogP contribution is -2.32. The second-order valence-electron chi connectivity index (χ2n) is 5.66. The van der Waals surface area contributed by atoms with E-state index in [4.69, 9.17) is 9.47 Å². The molecule has 2 rings (SSSR count). The Kier molecular flexibility index (Phi) is 6.02. The number of nitrogens with one attached hydrogen (secondary N) is 1. The second kappa shape index (κ2) is 7.77. The summed E-state index contributed by atoms with van der Waals surface area (Å²) in [5.74, 6) is 0. The summed E-state index contributed by atoms with van der Waals surface area (Å²) in [6.45, 7) is 8.67. The van der Waals surface area contributed by atoms with E-state index in [1.807, 2.05) is 0 Å². The Morgan fingerprint density at radius 3 is 2.80 bits per heavy atom. The molecule has 0 saturated carbocycles.